The van der Waals surface area contributed by atoms with Gasteiger partial charge in [-0.2, -0.15) is 0 Å². The molecule has 1 aromatic heterocycles. The fourth-order valence-electron chi connectivity index (χ4n) is 0.656. The zero-order chi connectivity index (χ0) is 8.91. The molecule has 0 atom stereocenters. The summed E-state index contributed by atoms with van der Waals surface area (Å²) in [5, 5.41) is 0. The molecule has 0 radical (unpaired) electrons. The first-order chi connectivity index (χ1) is 5.11. The van der Waals surface area contributed by atoms with E-state index in [2.05, 4.69) is 30.3 Å². The van der Waals surface area contributed by atoms with E-state index in [1.807, 2.05) is 26.4 Å². The highest BCUT2D eigenvalue weighted by Crippen LogP contribution is 2.11. The van der Waals surface area contributed by atoms with E-state index in [0.717, 1.165) is 0 Å². The monoisotopic (exact) mass is 154 g/mol. The molecule has 2 heteroatoms. The molecular formula is C9H18N2. The standard InChI is InChI=1S/C7H12N2.C2H6/c1-7(2,3)9-5-4-8-6-9;1-2/h4-6H,1-3H3;1-2H3. The number of rotatable bonds is 0. The van der Waals surface area contributed by atoms with Crippen molar-refractivity contribution in [1.29, 1.82) is 0 Å². The summed E-state index contributed by atoms with van der Waals surface area (Å²) in [4.78, 5) is 3.95. The number of imidazole rings is 1. The van der Waals surface area contributed by atoms with Gasteiger partial charge in [-0.25, -0.2) is 4.98 Å². The van der Waals surface area contributed by atoms with E-state index in [1.165, 1.54) is 0 Å². The molecule has 0 unspecified atom stereocenters. The van der Waals surface area contributed by atoms with Gasteiger partial charge in [0.1, 0.15) is 0 Å². The van der Waals surface area contributed by atoms with Crippen LogP contribution in [0.5, 0.6) is 0 Å². The lowest BCUT2D eigenvalue weighted by atomic mass is 10.1. The van der Waals surface area contributed by atoms with Crippen LogP contribution in [0.1, 0.15) is 34.6 Å². The summed E-state index contributed by atoms with van der Waals surface area (Å²) in [6.07, 6.45) is 5.60. The Bertz CT molecular complexity index is 170. The van der Waals surface area contributed by atoms with Crippen molar-refractivity contribution in [2.45, 2.75) is 40.2 Å². The van der Waals surface area contributed by atoms with E-state index in [0.29, 0.717) is 0 Å². The van der Waals surface area contributed by atoms with Crippen molar-refractivity contribution in [2.75, 3.05) is 0 Å². The van der Waals surface area contributed by atoms with Gasteiger partial charge in [-0.1, -0.05) is 13.8 Å². The molecule has 0 aliphatic rings. The van der Waals surface area contributed by atoms with Gasteiger partial charge in [0.05, 0.1) is 6.33 Å². The third-order valence-corrected chi connectivity index (χ3v) is 1.28. The predicted molar refractivity (Wildman–Crippen MR) is 48.6 cm³/mol. The maximum Gasteiger partial charge on any atom is 0.0950 e. The van der Waals surface area contributed by atoms with E-state index in [-0.39, 0.29) is 5.54 Å². The van der Waals surface area contributed by atoms with Crippen molar-refractivity contribution in [1.82, 2.24) is 9.55 Å². The average Bonchev–Trinajstić information content (AvgIpc) is 2.40. The van der Waals surface area contributed by atoms with Gasteiger partial charge >= 0.3 is 0 Å². The Balaban J connectivity index is 0.000000461. The molecule has 0 aromatic carbocycles. The number of nitrogens with zero attached hydrogens (tertiary/aromatic N) is 2. The molecule has 0 aliphatic carbocycles. The molecule has 0 amide bonds. The second-order valence-corrected chi connectivity index (χ2v) is 3.14. The predicted octanol–water partition coefficient (Wildman–Crippen LogP) is 2.66. The quantitative estimate of drug-likeness (QED) is 0.561. The van der Waals surface area contributed by atoms with Crippen LogP contribution in [0.25, 0.3) is 0 Å². The van der Waals surface area contributed by atoms with E-state index < -0.39 is 0 Å². The molecule has 0 fully saturated rings. The summed E-state index contributed by atoms with van der Waals surface area (Å²) >= 11 is 0. The van der Waals surface area contributed by atoms with E-state index in [1.54, 1.807) is 6.20 Å². The summed E-state index contributed by atoms with van der Waals surface area (Å²) in [5.74, 6) is 0. The highest BCUT2D eigenvalue weighted by atomic mass is 15.1. The third-order valence-electron chi connectivity index (χ3n) is 1.28. The normalized spacial score (nSPS) is 10.3. The average molecular weight is 154 g/mol. The summed E-state index contributed by atoms with van der Waals surface area (Å²) in [5.41, 5.74) is 0.177. The van der Waals surface area contributed by atoms with Gasteiger partial charge in [-0.15, -0.1) is 0 Å². The molecular weight excluding hydrogens is 136 g/mol. The molecule has 11 heavy (non-hydrogen) atoms. The lowest BCUT2D eigenvalue weighted by molar-refractivity contribution is 0.396. The topological polar surface area (TPSA) is 17.8 Å². The Hall–Kier alpha value is -0.790. The molecule has 1 rings (SSSR count). The molecule has 0 bridgehead atoms. The minimum absolute atomic E-state index is 0.177. The van der Waals surface area contributed by atoms with E-state index in [9.17, 15) is 0 Å². The van der Waals surface area contributed by atoms with Crippen molar-refractivity contribution >= 4 is 0 Å². The molecule has 0 saturated heterocycles. The van der Waals surface area contributed by atoms with Crippen molar-refractivity contribution in [3.63, 3.8) is 0 Å². The maximum absolute atomic E-state index is 3.95. The summed E-state index contributed by atoms with van der Waals surface area (Å²) in [6, 6.07) is 0. The Labute approximate surface area is 69.3 Å². The zero-order valence-corrected chi connectivity index (χ0v) is 8.13. The Morgan fingerprint density at radius 3 is 1.91 bits per heavy atom. The zero-order valence-electron chi connectivity index (χ0n) is 8.13. The van der Waals surface area contributed by atoms with Crippen LogP contribution in [0, 0.1) is 0 Å². The molecule has 0 saturated carbocycles. The van der Waals surface area contributed by atoms with Crippen molar-refractivity contribution in [3.05, 3.63) is 18.7 Å². The van der Waals surface area contributed by atoms with Gasteiger partial charge in [0, 0.05) is 17.9 Å². The number of hydrogen-bond acceptors (Lipinski definition) is 1. The number of hydrogen-bond donors (Lipinski definition) is 0. The van der Waals surface area contributed by atoms with Crippen molar-refractivity contribution in [3.8, 4) is 0 Å². The Morgan fingerprint density at radius 2 is 1.73 bits per heavy atom. The largest absolute Gasteiger partial charge is 0.332 e. The fraction of sp³-hybridized carbons (Fsp3) is 0.667. The van der Waals surface area contributed by atoms with Crippen LogP contribution in [0.15, 0.2) is 18.7 Å². The van der Waals surface area contributed by atoms with Crippen molar-refractivity contribution in [2.24, 2.45) is 0 Å². The van der Waals surface area contributed by atoms with Crippen LogP contribution in [-0.2, 0) is 5.54 Å². The summed E-state index contributed by atoms with van der Waals surface area (Å²) in [6.45, 7) is 10.4. The molecule has 0 N–H and O–H groups in total. The van der Waals surface area contributed by atoms with E-state index in [4.69, 9.17) is 0 Å². The van der Waals surface area contributed by atoms with Gasteiger partial charge in [0.25, 0.3) is 0 Å². The first kappa shape index (κ1) is 10.2. The van der Waals surface area contributed by atoms with Crippen LogP contribution in [-0.4, -0.2) is 9.55 Å². The van der Waals surface area contributed by atoms with Crippen LogP contribution in [0.2, 0.25) is 0 Å². The molecule has 64 valence electrons. The fourth-order valence-corrected chi connectivity index (χ4v) is 0.656. The van der Waals surface area contributed by atoms with Gasteiger partial charge < -0.3 is 4.57 Å². The van der Waals surface area contributed by atoms with Crippen LogP contribution < -0.4 is 0 Å². The van der Waals surface area contributed by atoms with Gasteiger partial charge in [0.15, 0.2) is 0 Å². The SMILES string of the molecule is CC.CC(C)(C)n1ccnc1. The third kappa shape index (κ3) is 3.21. The molecule has 2 nitrogen and oxygen atoms in total. The second kappa shape index (κ2) is 4.16. The minimum Gasteiger partial charge on any atom is -0.332 e. The number of aromatic nitrogens is 2. The highest BCUT2D eigenvalue weighted by Gasteiger charge is 2.09. The molecule has 1 heterocycles. The maximum atomic E-state index is 3.95. The van der Waals surface area contributed by atoms with Crippen molar-refractivity contribution < 1.29 is 0 Å². The van der Waals surface area contributed by atoms with Gasteiger partial charge in [-0.05, 0) is 20.8 Å². The lowest BCUT2D eigenvalue weighted by Crippen LogP contribution is -2.19. The van der Waals surface area contributed by atoms with Crippen LogP contribution in [0.4, 0.5) is 0 Å². The van der Waals surface area contributed by atoms with Crippen LogP contribution in [0.3, 0.4) is 0 Å². The second-order valence-electron chi connectivity index (χ2n) is 3.14. The minimum atomic E-state index is 0.177. The lowest BCUT2D eigenvalue weighted by Gasteiger charge is -2.19. The Morgan fingerprint density at radius 1 is 1.18 bits per heavy atom. The van der Waals surface area contributed by atoms with Gasteiger partial charge in [-0.3, -0.25) is 0 Å². The smallest absolute Gasteiger partial charge is 0.0950 e. The Kier molecular flexibility index (Phi) is 3.86. The van der Waals surface area contributed by atoms with Gasteiger partial charge in [0.2, 0.25) is 0 Å². The summed E-state index contributed by atoms with van der Waals surface area (Å²) in [7, 11) is 0. The first-order valence-electron chi connectivity index (χ1n) is 4.09. The summed E-state index contributed by atoms with van der Waals surface area (Å²) < 4.78 is 2.08. The van der Waals surface area contributed by atoms with E-state index >= 15 is 0 Å². The van der Waals surface area contributed by atoms with Crippen LogP contribution >= 0.6 is 0 Å². The molecule has 0 spiro atoms. The first-order valence-corrected chi connectivity index (χ1v) is 4.09. The molecule has 0 aliphatic heterocycles. The molecule has 1 aromatic rings. The highest BCUT2D eigenvalue weighted by molar-refractivity contribution is 4.82.